The maximum atomic E-state index is 13.6. The fraction of sp³-hybridized carbons (Fsp3) is 0.321. The predicted molar refractivity (Wildman–Crippen MR) is 135 cm³/mol. The van der Waals surface area contributed by atoms with Gasteiger partial charge in [0.25, 0.3) is 0 Å². The van der Waals surface area contributed by atoms with Gasteiger partial charge in [-0.15, -0.1) is 0 Å². The molecule has 0 saturated heterocycles. The van der Waals surface area contributed by atoms with Crippen LogP contribution in [0.4, 0.5) is 18.9 Å². The number of rotatable bonds is 3. The molecule has 0 aliphatic heterocycles. The van der Waals surface area contributed by atoms with Gasteiger partial charge in [0.15, 0.2) is 0 Å². The highest BCUT2D eigenvalue weighted by atomic mass is 19.4. The third kappa shape index (κ3) is 5.53. The average molecular weight is 506 g/mol. The van der Waals surface area contributed by atoms with Crippen LogP contribution in [0, 0.1) is 36.5 Å². The van der Waals surface area contributed by atoms with Crippen LogP contribution < -0.4 is 5.32 Å². The number of imidazole rings is 1. The highest BCUT2D eigenvalue weighted by Crippen LogP contribution is 2.36. The average Bonchev–Trinajstić information content (AvgIpc) is 3.51. The van der Waals surface area contributed by atoms with Crippen LogP contribution in [-0.2, 0) is 11.0 Å². The number of H-pyrrole nitrogens is 1. The summed E-state index contributed by atoms with van der Waals surface area (Å²) in [6.07, 6.45) is 4.10. The largest absolute Gasteiger partial charge is 0.416 e. The number of alkyl halides is 3. The van der Waals surface area contributed by atoms with Crippen molar-refractivity contribution in [2.45, 2.75) is 39.3 Å². The first kappa shape index (κ1) is 24.6. The molecule has 1 aliphatic carbocycles. The highest BCUT2D eigenvalue weighted by molar-refractivity contribution is 5.93. The molecule has 3 heterocycles. The molecule has 0 bridgehead atoms. The molecule has 5 rings (SSSR count). The summed E-state index contributed by atoms with van der Waals surface area (Å²) < 4.78 is 42.3. The van der Waals surface area contributed by atoms with Gasteiger partial charge in [0.05, 0.1) is 17.6 Å². The minimum atomic E-state index is -4.55. The number of carbonyl (C=O) groups is 1. The lowest BCUT2D eigenvalue weighted by Crippen LogP contribution is -2.31. The summed E-state index contributed by atoms with van der Waals surface area (Å²) in [5.74, 6) is 6.19. The number of pyridine rings is 1. The van der Waals surface area contributed by atoms with Crippen molar-refractivity contribution in [2.75, 3.05) is 5.32 Å². The van der Waals surface area contributed by atoms with Gasteiger partial charge >= 0.3 is 6.18 Å². The van der Waals surface area contributed by atoms with Gasteiger partial charge < -0.3 is 14.9 Å². The van der Waals surface area contributed by atoms with E-state index >= 15 is 0 Å². The van der Waals surface area contributed by atoms with Crippen molar-refractivity contribution in [1.29, 1.82) is 0 Å². The number of nitrogens with zero attached hydrogens (tertiary/aromatic N) is 3. The maximum Gasteiger partial charge on any atom is 0.416 e. The maximum absolute atomic E-state index is 13.6. The summed E-state index contributed by atoms with van der Waals surface area (Å²) in [6.45, 7) is 3.87. The van der Waals surface area contributed by atoms with Crippen LogP contribution in [0.1, 0.15) is 43.0 Å². The van der Waals surface area contributed by atoms with E-state index in [0.29, 0.717) is 24.5 Å². The second-order valence-corrected chi connectivity index (χ2v) is 9.68. The molecule has 3 unspecified atom stereocenters. The predicted octanol–water partition coefficient (Wildman–Crippen LogP) is 6.12. The highest BCUT2D eigenvalue weighted by Gasteiger charge is 2.33. The van der Waals surface area contributed by atoms with Gasteiger partial charge in [-0.3, -0.25) is 4.79 Å². The molecular weight excluding hydrogens is 479 g/mol. The molecule has 3 atom stereocenters. The summed E-state index contributed by atoms with van der Waals surface area (Å²) in [5, 5.41) is 3.71. The number of nitrogens with one attached hydrogen (secondary N) is 2. The number of benzene rings is 1. The van der Waals surface area contributed by atoms with Crippen LogP contribution in [0.25, 0.3) is 16.7 Å². The van der Waals surface area contributed by atoms with Crippen molar-refractivity contribution < 1.29 is 18.0 Å². The molecular formula is C28H26F3N5O. The first-order chi connectivity index (χ1) is 17.7. The first-order valence-electron chi connectivity index (χ1n) is 12.1. The smallest absolute Gasteiger partial charge is 0.346 e. The third-order valence-corrected chi connectivity index (χ3v) is 6.89. The van der Waals surface area contributed by atoms with Gasteiger partial charge in [-0.1, -0.05) is 18.8 Å². The van der Waals surface area contributed by atoms with Gasteiger partial charge in [0, 0.05) is 52.8 Å². The summed E-state index contributed by atoms with van der Waals surface area (Å²) in [7, 11) is 0. The fourth-order valence-corrected chi connectivity index (χ4v) is 4.75. The molecule has 190 valence electrons. The quantitative estimate of drug-likeness (QED) is 0.330. The number of aromatic amines is 1. The number of carbonyl (C=O) groups excluding carboxylic acids is 1. The zero-order valence-electron chi connectivity index (χ0n) is 20.4. The zero-order chi connectivity index (χ0) is 26.2. The number of aromatic nitrogens is 4. The minimum Gasteiger partial charge on any atom is -0.346 e. The van der Waals surface area contributed by atoms with E-state index in [2.05, 4.69) is 39.0 Å². The van der Waals surface area contributed by atoms with Crippen molar-refractivity contribution >= 4 is 22.6 Å². The first-order valence-corrected chi connectivity index (χ1v) is 12.1. The molecule has 0 spiro atoms. The molecule has 4 aromatic rings. The summed E-state index contributed by atoms with van der Waals surface area (Å²) >= 11 is 0. The Morgan fingerprint density at radius 1 is 1.19 bits per heavy atom. The summed E-state index contributed by atoms with van der Waals surface area (Å²) in [6, 6.07) is 7.45. The van der Waals surface area contributed by atoms with E-state index < -0.39 is 11.7 Å². The fourth-order valence-electron chi connectivity index (χ4n) is 4.75. The Bertz CT molecular complexity index is 1510. The number of fused-ring (bicyclic) bond motifs is 1. The lowest BCUT2D eigenvalue weighted by molar-refractivity contribution is -0.137. The van der Waals surface area contributed by atoms with E-state index in [9.17, 15) is 18.0 Å². The van der Waals surface area contributed by atoms with E-state index in [1.807, 2.05) is 18.3 Å². The van der Waals surface area contributed by atoms with Crippen LogP contribution in [-0.4, -0.2) is 25.4 Å². The standard InChI is InChI=1S/C28H26F3N5O/c1-17-3-5-22(10-20(17)6-4-19-9-21-7-8-32-26(21)33-14-19)27(37)35-24-11-23(28(29,30)31)12-25(13-24)36-15-18(2)34-16-36/h7-9,11-17,20,22H,3,5,10H2,1-2H3,(H,32,33)(H,35,37). The Balaban J connectivity index is 1.33. The minimum absolute atomic E-state index is 0.00239. The number of amides is 1. The molecule has 9 heteroatoms. The second kappa shape index (κ2) is 9.77. The molecule has 1 aliphatic rings. The van der Waals surface area contributed by atoms with Crippen LogP contribution >= 0.6 is 0 Å². The zero-order valence-corrected chi connectivity index (χ0v) is 20.4. The van der Waals surface area contributed by atoms with Crippen LogP contribution in [0.3, 0.4) is 0 Å². The normalized spacial score (nSPS) is 19.9. The van der Waals surface area contributed by atoms with Crippen molar-refractivity contribution in [3.8, 4) is 17.5 Å². The molecule has 1 aromatic carbocycles. The lowest BCUT2D eigenvalue weighted by atomic mass is 9.75. The Kier molecular flexibility index (Phi) is 6.50. The van der Waals surface area contributed by atoms with Gasteiger partial charge in [-0.2, -0.15) is 13.2 Å². The van der Waals surface area contributed by atoms with Crippen LogP contribution in [0.2, 0.25) is 0 Å². The SMILES string of the molecule is Cc1cn(-c2cc(NC(=O)C3CCC(C)C(C#Cc4cnc5[nH]ccc5c4)C3)cc(C(F)(F)F)c2)cn1. The molecule has 3 aromatic heterocycles. The van der Waals surface area contributed by atoms with E-state index in [4.69, 9.17) is 0 Å². The van der Waals surface area contributed by atoms with E-state index in [-0.39, 0.29) is 29.1 Å². The Hall–Kier alpha value is -4.06. The molecule has 6 nitrogen and oxygen atoms in total. The summed E-state index contributed by atoms with van der Waals surface area (Å²) in [4.78, 5) is 24.7. The van der Waals surface area contributed by atoms with E-state index in [1.165, 1.54) is 17.0 Å². The van der Waals surface area contributed by atoms with Crippen molar-refractivity contribution in [1.82, 2.24) is 19.5 Å². The molecule has 1 saturated carbocycles. The number of hydrogen-bond donors (Lipinski definition) is 2. The molecule has 1 amide bonds. The van der Waals surface area contributed by atoms with Gasteiger partial charge in [-0.25, -0.2) is 9.97 Å². The topological polar surface area (TPSA) is 75.6 Å². The number of halogens is 3. The Morgan fingerprint density at radius 3 is 2.78 bits per heavy atom. The van der Waals surface area contributed by atoms with E-state index in [0.717, 1.165) is 35.2 Å². The Morgan fingerprint density at radius 2 is 2.03 bits per heavy atom. The van der Waals surface area contributed by atoms with Crippen molar-refractivity contribution in [3.63, 3.8) is 0 Å². The molecule has 2 N–H and O–H groups in total. The van der Waals surface area contributed by atoms with Crippen LogP contribution in [0.15, 0.2) is 55.2 Å². The van der Waals surface area contributed by atoms with Crippen LogP contribution in [0.5, 0.6) is 0 Å². The van der Waals surface area contributed by atoms with Gasteiger partial charge in [-0.05, 0) is 62.4 Å². The second-order valence-electron chi connectivity index (χ2n) is 9.68. The third-order valence-electron chi connectivity index (χ3n) is 6.89. The lowest BCUT2D eigenvalue weighted by Gasteiger charge is -2.30. The number of anilines is 1. The van der Waals surface area contributed by atoms with E-state index in [1.54, 1.807) is 19.3 Å². The van der Waals surface area contributed by atoms with Gasteiger partial charge in [0.1, 0.15) is 5.65 Å². The molecule has 37 heavy (non-hydrogen) atoms. The Labute approximate surface area is 212 Å². The van der Waals surface area contributed by atoms with Crippen molar-refractivity contribution in [2.24, 2.45) is 17.8 Å². The summed E-state index contributed by atoms with van der Waals surface area (Å²) in [5.41, 5.74) is 1.83. The number of hydrogen-bond acceptors (Lipinski definition) is 3. The number of aryl methyl sites for hydroxylation is 1. The monoisotopic (exact) mass is 505 g/mol. The molecule has 0 radical (unpaired) electrons. The van der Waals surface area contributed by atoms with Crippen molar-refractivity contribution in [3.05, 3.63) is 72.1 Å². The van der Waals surface area contributed by atoms with Gasteiger partial charge in [0.2, 0.25) is 5.91 Å². The molecule has 1 fully saturated rings.